The molecular weight excluding hydrogens is 200 g/mol. The molecule has 0 aromatic carbocycles. The van der Waals surface area contributed by atoms with Crippen LogP contribution in [0.15, 0.2) is 5.70 Å². The first-order valence-electron chi connectivity index (χ1n) is 3.21. The van der Waals surface area contributed by atoms with Gasteiger partial charge in [0.15, 0.2) is 0 Å². The molecule has 1 heterocycles. The van der Waals surface area contributed by atoms with Crippen molar-refractivity contribution in [3.8, 4) is 0 Å². The molecule has 70 valence electrons. The van der Waals surface area contributed by atoms with E-state index in [2.05, 4.69) is 4.74 Å². The smallest absolute Gasteiger partial charge is 0.422 e. The number of ether oxygens (including phenoxy) is 1. The van der Waals surface area contributed by atoms with Crippen molar-refractivity contribution >= 4 is 29.8 Å². The normalized spacial score (nSPS) is 16.2. The van der Waals surface area contributed by atoms with Gasteiger partial charge in [0.2, 0.25) is 0 Å². The van der Waals surface area contributed by atoms with Gasteiger partial charge in [0.05, 0.1) is 13.7 Å². The fraction of sp³-hybridized carbons (Fsp3) is 0.333. The number of carbonyl (C=O) groups is 2. The van der Waals surface area contributed by atoms with Crippen LogP contribution < -0.4 is 0 Å². The molecule has 0 radical (unpaired) electrons. The summed E-state index contributed by atoms with van der Waals surface area (Å²) in [4.78, 5) is 32.8. The largest absolute Gasteiger partial charge is 0.452 e. The summed E-state index contributed by atoms with van der Waals surface area (Å²) in [6.07, 6.45) is -0.952. The summed E-state index contributed by atoms with van der Waals surface area (Å²) in [5.74, 6) is 1.43. The molecule has 1 fully saturated rings. The molecule has 1 rings (SSSR count). The highest BCUT2D eigenvalue weighted by Crippen LogP contribution is 2.19. The minimum atomic E-state index is -0.952. The van der Waals surface area contributed by atoms with Crippen molar-refractivity contribution in [1.82, 2.24) is 9.32 Å². The van der Waals surface area contributed by atoms with Crippen LogP contribution in [0, 0.1) is 0 Å². The highest BCUT2D eigenvalue weighted by atomic mass is 35.5. The number of imide groups is 1. The molecule has 0 saturated carbocycles. The maximum absolute atomic E-state index is 11.1. The molecule has 7 heteroatoms. The number of rotatable bonds is 0. The molecule has 1 saturated heterocycles. The SMILES string of the molecule is COC(=O)N1C(=O)N(Cl)CC1=C=O. The zero-order valence-electron chi connectivity index (χ0n) is 6.61. The first-order chi connectivity index (χ1) is 6.11. The number of carbonyl (C=O) groups excluding carboxylic acids is 3. The van der Waals surface area contributed by atoms with Crippen molar-refractivity contribution in [2.75, 3.05) is 13.7 Å². The highest BCUT2D eigenvalue weighted by molar-refractivity contribution is 6.23. The quantitative estimate of drug-likeness (QED) is 0.422. The lowest BCUT2D eigenvalue weighted by atomic mass is 10.5. The first-order valence-corrected chi connectivity index (χ1v) is 3.55. The van der Waals surface area contributed by atoms with Gasteiger partial charge in [-0.05, 0) is 0 Å². The van der Waals surface area contributed by atoms with E-state index < -0.39 is 12.1 Å². The van der Waals surface area contributed by atoms with Crippen LogP contribution in [0.2, 0.25) is 0 Å². The Hall–Kier alpha value is -1.52. The third-order valence-corrected chi connectivity index (χ3v) is 1.70. The van der Waals surface area contributed by atoms with E-state index in [9.17, 15) is 14.4 Å². The number of urea groups is 1. The summed E-state index contributed by atoms with van der Waals surface area (Å²) < 4.78 is 4.96. The molecular formula is C6H5ClN2O4. The Morgan fingerprint density at radius 2 is 2.31 bits per heavy atom. The zero-order chi connectivity index (χ0) is 10.0. The molecule has 0 N–H and O–H groups in total. The van der Waals surface area contributed by atoms with Gasteiger partial charge in [-0.25, -0.2) is 18.8 Å². The first kappa shape index (κ1) is 9.57. The van der Waals surface area contributed by atoms with E-state index in [1.165, 1.54) is 5.94 Å². The van der Waals surface area contributed by atoms with Crippen molar-refractivity contribution in [3.63, 3.8) is 0 Å². The third kappa shape index (κ3) is 1.49. The van der Waals surface area contributed by atoms with E-state index in [1.54, 1.807) is 0 Å². The van der Waals surface area contributed by atoms with Gasteiger partial charge in [0.25, 0.3) is 0 Å². The number of halogens is 1. The molecule has 0 atom stereocenters. The van der Waals surface area contributed by atoms with Crippen LogP contribution in [0.1, 0.15) is 0 Å². The number of nitrogens with zero attached hydrogens (tertiary/aromatic N) is 2. The van der Waals surface area contributed by atoms with Gasteiger partial charge < -0.3 is 4.74 Å². The lowest BCUT2D eigenvalue weighted by molar-refractivity contribution is 0.142. The molecule has 0 aromatic heterocycles. The van der Waals surface area contributed by atoms with Crippen LogP contribution in [0.4, 0.5) is 9.59 Å². The van der Waals surface area contributed by atoms with E-state index in [-0.39, 0.29) is 12.2 Å². The number of hydrogen-bond acceptors (Lipinski definition) is 4. The lowest BCUT2D eigenvalue weighted by Gasteiger charge is -2.09. The fourth-order valence-corrected chi connectivity index (χ4v) is 1.04. The maximum atomic E-state index is 11.1. The summed E-state index contributed by atoms with van der Waals surface area (Å²) in [5.41, 5.74) is -0.160. The minimum absolute atomic E-state index is 0.154. The van der Waals surface area contributed by atoms with Gasteiger partial charge in [-0.2, -0.15) is 4.90 Å². The maximum Gasteiger partial charge on any atom is 0.422 e. The summed E-state index contributed by atoms with van der Waals surface area (Å²) in [7, 11) is 1.09. The topological polar surface area (TPSA) is 66.9 Å². The van der Waals surface area contributed by atoms with Gasteiger partial charge >= 0.3 is 12.1 Å². The molecule has 0 unspecified atom stereocenters. The van der Waals surface area contributed by atoms with Crippen molar-refractivity contribution in [2.45, 2.75) is 0 Å². The van der Waals surface area contributed by atoms with Gasteiger partial charge in [-0.3, -0.25) is 0 Å². The van der Waals surface area contributed by atoms with Gasteiger partial charge in [0.1, 0.15) is 11.6 Å². The number of hydrogen-bond donors (Lipinski definition) is 0. The van der Waals surface area contributed by atoms with E-state index >= 15 is 0 Å². The van der Waals surface area contributed by atoms with Gasteiger partial charge in [-0.1, -0.05) is 0 Å². The van der Waals surface area contributed by atoms with Crippen LogP contribution in [0.25, 0.3) is 0 Å². The van der Waals surface area contributed by atoms with E-state index in [4.69, 9.17) is 11.8 Å². The summed E-state index contributed by atoms with van der Waals surface area (Å²) in [5, 5.41) is 0. The predicted octanol–water partition coefficient (Wildman–Crippen LogP) is 0.360. The molecule has 1 aliphatic heterocycles. The Balaban J connectivity index is 3.00. The second-order valence-electron chi connectivity index (χ2n) is 2.16. The van der Waals surface area contributed by atoms with Crippen molar-refractivity contribution in [3.05, 3.63) is 5.70 Å². The highest BCUT2D eigenvalue weighted by Gasteiger charge is 2.38. The monoisotopic (exact) mass is 204 g/mol. The second-order valence-corrected chi connectivity index (χ2v) is 2.57. The summed E-state index contributed by atoms with van der Waals surface area (Å²) >= 11 is 5.37. The van der Waals surface area contributed by atoms with Crippen molar-refractivity contribution < 1.29 is 19.1 Å². The minimum Gasteiger partial charge on any atom is -0.452 e. The van der Waals surface area contributed by atoms with Crippen LogP contribution in [-0.2, 0) is 9.53 Å². The molecule has 13 heavy (non-hydrogen) atoms. The van der Waals surface area contributed by atoms with Crippen LogP contribution >= 0.6 is 11.8 Å². The molecule has 0 aromatic rings. The van der Waals surface area contributed by atoms with Gasteiger partial charge in [-0.15, -0.1) is 0 Å². The molecule has 0 spiro atoms. The van der Waals surface area contributed by atoms with Crippen molar-refractivity contribution in [2.24, 2.45) is 0 Å². The lowest BCUT2D eigenvalue weighted by Crippen LogP contribution is -2.32. The van der Waals surface area contributed by atoms with Crippen molar-refractivity contribution in [1.29, 1.82) is 0 Å². The van der Waals surface area contributed by atoms with Gasteiger partial charge in [0, 0.05) is 11.8 Å². The van der Waals surface area contributed by atoms with Crippen LogP contribution in [0.5, 0.6) is 0 Å². The Kier molecular flexibility index (Phi) is 2.55. The standard InChI is InChI=1S/C6H5ClN2O4/c1-13-6(12)9-4(3-10)2-8(7)5(9)11/h2H2,1H3. The Bertz CT molecular complexity index is 310. The predicted molar refractivity (Wildman–Crippen MR) is 41.4 cm³/mol. The molecule has 0 bridgehead atoms. The average Bonchev–Trinajstić information content (AvgIpc) is 2.42. The molecule has 1 aliphatic rings. The van der Waals surface area contributed by atoms with Crippen LogP contribution in [-0.4, -0.2) is 41.0 Å². The Labute approximate surface area is 78.4 Å². The molecule has 0 aliphatic carbocycles. The van der Waals surface area contributed by atoms with E-state index in [0.29, 0.717) is 9.32 Å². The van der Waals surface area contributed by atoms with E-state index in [0.717, 1.165) is 7.11 Å². The third-order valence-electron chi connectivity index (χ3n) is 1.43. The van der Waals surface area contributed by atoms with E-state index in [1.807, 2.05) is 0 Å². The Morgan fingerprint density at radius 3 is 2.77 bits per heavy atom. The molecule has 6 nitrogen and oxygen atoms in total. The summed E-state index contributed by atoms with van der Waals surface area (Å²) in [6, 6.07) is -0.813. The molecule has 3 amide bonds. The average molecular weight is 205 g/mol. The Morgan fingerprint density at radius 1 is 1.69 bits per heavy atom. The second kappa shape index (κ2) is 3.47. The fourth-order valence-electron chi connectivity index (χ4n) is 0.851. The number of methoxy groups -OCH3 is 1. The van der Waals surface area contributed by atoms with Crippen LogP contribution in [0.3, 0.4) is 0 Å². The zero-order valence-corrected chi connectivity index (χ0v) is 7.37. The number of amides is 3. The summed E-state index contributed by atoms with van der Waals surface area (Å²) in [6.45, 7) is -0.154.